The van der Waals surface area contributed by atoms with E-state index < -0.39 is 5.97 Å². The molecule has 5 nitrogen and oxygen atoms in total. The summed E-state index contributed by atoms with van der Waals surface area (Å²) >= 11 is 0. The Hall–Kier alpha value is -2.48. The van der Waals surface area contributed by atoms with Crippen molar-refractivity contribution in [2.45, 2.75) is 0 Å². The molecular weight excluding hydrogens is 234 g/mol. The second-order valence-corrected chi connectivity index (χ2v) is 3.21. The first kappa shape index (κ1) is 13.6. The molecule has 0 aliphatic heterocycles. The van der Waals surface area contributed by atoms with Crippen molar-refractivity contribution in [3.8, 4) is 17.6 Å². The topological polar surface area (TPSA) is 68.5 Å². The Bertz CT molecular complexity index is 488. The molecule has 5 heteroatoms. The van der Waals surface area contributed by atoms with Crippen LogP contribution in [0, 0.1) is 11.3 Å². The molecule has 1 aromatic rings. The summed E-state index contributed by atoms with van der Waals surface area (Å²) in [6.45, 7) is -0.261. The van der Waals surface area contributed by atoms with Gasteiger partial charge in [-0.15, -0.1) is 0 Å². The van der Waals surface area contributed by atoms with Crippen molar-refractivity contribution in [1.82, 2.24) is 0 Å². The molecule has 0 aliphatic rings. The van der Waals surface area contributed by atoms with Gasteiger partial charge in [-0.05, 0) is 18.2 Å². The highest BCUT2D eigenvalue weighted by atomic mass is 16.5. The zero-order valence-electron chi connectivity index (χ0n) is 10.2. The first-order chi connectivity index (χ1) is 8.71. The molecule has 0 unspecified atom stereocenters. The Kier molecular flexibility index (Phi) is 5.26. The SMILES string of the molecule is COc1ccc(C=CC(=O)OCC#N)c(OC)c1. The number of nitrogens with zero attached hydrogens (tertiary/aromatic N) is 1. The van der Waals surface area contributed by atoms with Crippen molar-refractivity contribution in [3.63, 3.8) is 0 Å². The summed E-state index contributed by atoms with van der Waals surface area (Å²) in [7, 11) is 3.09. The van der Waals surface area contributed by atoms with Crippen LogP contribution >= 0.6 is 0 Å². The average molecular weight is 247 g/mol. The number of carbonyl (C=O) groups is 1. The second-order valence-electron chi connectivity index (χ2n) is 3.21. The molecule has 0 amide bonds. The molecule has 0 bridgehead atoms. The van der Waals surface area contributed by atoms with Crippen LogP contribution in [0.25, 0.3) is 6.08 Å². The fourth-order valence-electron chi connectivity index (χ4n) is 1.27. The minimum atomic E-state index is -0.575. The number of carbonyl (C=O) groups excluding carboxylic acids is 1. The van der Waals surface area contributed by atoms with Crippen LogP contribution in [0.2, 0.25) is 0 Å². The number of ether oxygens (including phenoxy) is 3. The Balaban J connectivity index is 2.81. The minimum Gasteiger partial charge on any atom is -0.497 e. The number of hydrogen-bond acceptors (Lipinski definition) is 5. The van der Waals surface area contributed by atoms with Crippen molar-refractivity contribution < 1.29 is 19.0 Å². The van der Waals surface area contributed by atoms with Gasteiger partial charge in [0.15, 0.2) is 6.61 Å². The fourth-order valence-corrected chi connectivity index (χ4v) is 1.27. The van der Waals surface area contributed by atoms with Gasteiger partial charge < -0.3 is 14.2 Å². The highest BCUT2D eigenvalue weighted by Gasteiger charge is 2.03. The molecule has 0 atom stereocenters. The van der Waals surface area contributed by atoms with Crippen molar-refractivity contribution in [3.05, 3.63) is 29.8 Å². The summed E-state index contributed by atoms with van der Waals surface area (Å²) < 4.78 is 14.8. The van der Waals surface area contributed by atoms with E-state index in [1.807, 2.05) is 0 Å². The van der Waals surface area contributed by atoms with Gasteiger partial charge in [0, 0.05) is 17.7 Å². The van der Waals surface area contributed by atoms with Crippen LogP contribution in [0.4, 0.5) is 0 Å². The fraction of sp³-hybridized carbons (Fsp3) is 0.231. The number of esters is 1. The summed E-state index contributed by atoms with van der Waals surface area (Å²) in [6, 6.07) is 6.93. The van der Waals surface area contributed by atoms with Gasteiger partial charge in [0.1, 0.15) is 17.6 Å². The number of rotatable bonds is 5. The molecule has 0 saturated heterocycles. The van der Waals surface area contributed by atoms with E-state index in [0.29, 0.717) is 17.1 Å². The summed E-state index contributed by atoms with van der Waals surface area (Å²) in [4.78, 5) is 11.2. The largest absolute Gasteiger partial charge is 0.497 e. The van der Waals surface area contributed by atoms with Gasteiger partial charge in [0.2, 0.25) is 0 Å². The molecule has 0 aliphatic carbocycles. The predicted molar refractivity (Wildman–Crippen MR) is 65.2 cm³/mol. The standard InChI is InChI=1S/C13H13NO4/c1-16-11-5-3-10(12(9-11)17-2)4-6-13(15)18-8-7-14/h3-6,9H,8H2,1-2H3. The van der Waals surface area contributed by atoms with E-state index in [2.05, 4.69) is 4.74 Å². The van der Waals surface area contributed by atoms with Crippen LogP contribution in [-0.2, 0) is 9.53 Å². The molecule has 0 aromatic heterocycles. The highest BCUT2D eigenvalue weighted by Crippen LogP contribution is 2.25. The van der Waals surface area contributed by atoms with Gasteiger partial charge in [-0.25, -0.2) is 4.79 Å². The maximum atomic E-state index is 11.2. The zero-order chi connectivity index (χ0) is 13.4. The summed E-state index contributed by atoms with van der Waals surface area (Å²) in [6.07, 6.45) is 2.79. The number of methoxy groups -OCH3 is 2. The molecule has 0 heterocycles. The van der Waals surface area contributed by atoms with E-state index in [9.17, 15) is 4.79 Å². The Morgan fingerprint density at radius 3 is 2.78 bits per heavy atom. The van der Waals surface area contributed by atoms with Crippen molar-refractivity contribution >= 4 is 12.0 Å². The molecule has 0 N–H and O–H groups in total. The molecule has 0 spiro atoms. The lowest BCUT2D eigenvalue weighted by Gasteiger charge is -2.07. The monoisotopic (exact) mass is 247 g/mol. The van der Waals surface area contributed by atoms with Gasteiger partial charge in [0.25, 0.3) is 0 Å². The van der Waals surface area contributed by atoms with Crippen molar-refractivity contribution in [1.29, 1.82) is 5.26 Å². The third-order valence-corrected chi connectivity index (χ3v) is 2.12. The van der Waals surface area contributed by atoms with Crippen LogP contribution < -0.4 is 9.47 Å². The van der Waals surface area contributed by atoms with Crippen molar-refractivity contribution in [2.75, 3.05) is 20.8 Å². The minimum absolute atomic E-state index is 0.261. The molecule has 18 heavy (non-hydrogen) atoms. The van der Waals surface area contributed by atoms with Gasteiger partial charge in [-0.3, -0.25) is 0 Å². The van der Waals surface area contributed by atoms with Crippen LogP contribution in [0.5, 0.6) is 11.5 Å². The van der Waals surface area contributed by atoms with E-state index in [-0.39, 0.29) is 6.61 Å². The summed E-state index contributed by atoms with van der Waals surface area (Å²) in [5.74, 6) is 0.671. The first-order valence-electron chi connectivity index (χ1n) is 5.15. The molecular formula is C13H13NO4. The number of nitriles is 1. The predicted octanol–water partition coefficient (Wildman–Crippen LogP) is 1.78. The molecule has 0 radical (unpaired) electrons. The zero-order valence-corrected chi connectivity index (χ0v) is 10.2. The van der Waals surface area contributed by atoms with Gasteiger partial charge >= 0.3 is 5.97 Å². The van der Waals surface area contributed by atoms with E-state index in [1.54, 1.807) is 37.5 Å². The molecule has 94 valence electrons. The molecule has 1 rings (SSSR count). The lowest BCUT2D eigenvalue weighted by molar-refractivity contribution is -0.136. The first-order valence-corrected chi connectivity index (χ1v) is 5.15. The second kappa shape index (κ2) is 6.97. The maximum Gasteiger partial charge on any atom is 0.331 e. The quantitative estimate of drug-likeness (QED) is 0.586. The Morgan fingerprint density at radius 1 is 1.39 bits per heavy atom. The van der Waals surface area contributed by atoms with E-state index in [1.165, 1.54) is 13.2 Å². The van der Waals surface area contributed by atoms with E-state index in [0.717, 1.165) is 0 Å². The normalized spacial score (nSPS) is 9.83. The number of benzene rings is 1. The Labute approximate surface area is 105 Å². The third kappa shape index (κ3) is 3.83. The lowest BCUT2D eigenvalue weighted by atomic mass is 10.2. The molecule has 0 fully saturated rings. The van der Waals surface area contributed by atoms with Gasteiger partial charge in [0.05, 0.1) is 14.2 Å². The van der Waals surface area contributed by atoms with E-state index >= 15 is 0 Å². The van der Waals surface area contributed by atoms with Crippen LogP contribution in [-0.4, -0.2) is 26.8 Å². The van der Waals surface area contributed by atoms with Crippen molar-refractivity contribution in [2.24, 2.45) is 0 Å². The van der Waals surface area contributed by atoms with Gasteiger partial charge in [-0.1, -0.05) is 0 Å². The average Bonchev–Trinajstić information content (AvgIpc) is 2.42. The molecule has 0 saturated carbocycles. The van der Waals surface area contributed by atoms with E-state index in [4.69, 9.17) is 14.7 Å². The highest BCUT2D eigenvalue weighted by molar-refractivity contribution is 5.87. The smallest absolute Gasteiger partial charge is 0.331 e. The summed E-state index contributed by atoms with van der Waals surface area (Å²) in [5.41, 5.74) is 0.715. The maximum absolute atomic E-state index is 11.2. The van der Waals surface area contributed by atoms with Crippen LogP contribution in [0.15, 0.2) is 24.3 Å². The molecule has 1 aromatic carbocycles. The third-order valence-electron chi connectivity index (χ3n) is 2.12. The van der Waals surface area contributed by atoms with Gasteiger partial charge in [-0.2, -0.15) is 5.26 Å². The Morgan fingerprint density at radius 2 is 2.17 bits per heavy atom. The lowest BCUT2D eigenvalue weighted by Crippen LogP contribution is -2.00. The van der Waals surface area contributed by atoms with Crippen LogP contribution in [0.1, 0.15) is 5.56 Å². The van der Waals surface area contributed by atoms with Crippen LogP contribution in [0.3, 0.4) is 0 Å². The summed E-state index contributed by atoms with van der Waals surface area (Å²) in [5, 5.41) is 8.26. The number of hydrogen-bond donors (Lipinski definition) is 0.